The number of nitrogens with two attached hydrogens (primary N) is 1. The van der Waals surface area contributed by atoms with Crippen molar-refractivity contribution in [2.75, 3.05) is 28.8 Å². The molecule has 12 nitrogen and oxygen atoms in total. The van der Waals surface area contributed by atoms with Crippen LogP contribution in [-0.2, 0) is 11.2 Å². The molecule has 8 atom stereocenters. The molecule has 1 aromatic heterocycles. The van der Waals surface area contributed by atoms with Crippen molar-refractivity contribution in [3.8, 4) is 11.5 Å². The van der Waals surface area contributed by atoms with E-state index in [1.807, 2.05) is 0 Å². The number of hydrogen-bond donors (Lipinski definition) is 7. The van der Waals surface area contributed by atoms with Crippen LogP contribution < -0.4 is 21.1 Å². The maximum Gasteiger partial charge on any atom is 0.278 e. The van der Waals surface area contributed by atoms with E-state index in [0.29, 0.717) is 35.3 Å². The number of phenolic OH excluding ortho intramolecular Hbond substituents is 2. The summed E-state index contributed by atoms with van der Waals surface area (Å²) in [4.78, 5) is 23.9. The highest BCUT2D eigenvalue weighted by molar-refractivity contribution is 5.83. The molecular weight excluding hydrogens is 518 g/mol. The lowest BCUT2D eigenvalue weighted by atomic mass is 9.55. The minimum absolute atomic E-state index is 0.0603. The van der Waals surface area contributed by atoms with Crippen molar-refractivity contribution < 1.29 is 30.3 Å². The van der Waals surface area contributed by atoms with Crippen LogP contribution in [0, 0.1) is 17.3 Å². The monoisotopic (exact) mass is 555 g/mol. The Morgan fingerprint density at radius 2 is 2.02 bits per heavy atom. The number of nitrogen functional groups attached to an aromatic ring is 1. The highest BCUT2D eigenvalue weighted by Crippen LogP contribution is 2.63. The molecule has 5 aliphatic rings. The molecule has 7 rings (SSSR count). The summed E-state index contributed by atoms with van der Waals surface area (Å²) < 4.78 is 5.93. The summed E-state index contributed by atoms with van der Waals surface area (Å²) in [7, 11) is 0. The van der Waals surface area contributed by atoms with Gasteiger partial charge in [-0.1, -0.05) is 6.92 Å². The standard InChI is InChI=1S/C28H37N5O7/c1-28-7-6-13-12(15(28)4-5-20(28)37)2-3-14-22(13)16(8-18(36)24(14)38)32-11-33(21-9-17(35)19(10-34)40-21)25-23(32)26(39)31-27(29)30-25/h8,12-13,15,17,19-21,34-38H,2-7,9-11H2,1H3,(H3,29,30,31,39)/t12-,13+,15+,17+,19-,20+,21-,28+/m1/s1. The van der Waals surface area contributed by atoms with Gasteiger partial charge in [0.1, 0.15) is 12.3 Å². The average molecular weight is 556 g/mol. The number of aromatic nitrogens is 2. The molecule has 0 spiro atoms. The van der Waals surface area contributed by atoms with Gasteiger partial charge in [-0.3, -0.25) is 9.78 Å². The number of phenols is 2. The van der Waals surface area contributed by atoms with Crippen molar-refractivity contribution >= 4 is 23.1 Å². The maximum absolute atomic E-state index is 13.4. The fourth-order valence-electron chi connectivity index (χ4n) is 8.64. The number of ether oxygens (including phenoxy) is 1. The Balaban J connectivity index is 1.35. The number of nitrogens with zero attached hydrogens (tertiary/aromatic N) is 3. The summed E-state index contributed by atoms with van der Waals surface area (Å²) in [5, 5.41) is 52.7. The fraction of sp³-hybridized carbons (Fsp3) is 0.643. The molecule has 3 aliphatic carbocycles. The lowest BCUT2D eigenvalue weighted by Gasteiger charge is -2.50. The Kier molecular flexibility index (Phi) is 5.80. The van der Waals surface area contributed by atoms with E-state index in [2.05, 4.69) is 16.9 Å². The minimum atomic E-state index is -0.878. The average Bonchev–Trinajstić information content (AvgIpc) is 3.58. The number of aliphatic hydroxyl groups is 3. The van der Waals surface area contributed by atoms with Gasteiger partial charge in [-0.15, -0.1) is 0 Å². The summed E-state index contributed by atoms with van der Waals surface area (Å²) in [6, 6.07) is 1.53. The van der Waals surface area contributed by atoms with Gasteiger partial charge in [0, 0.05) is 18.1 Å². The van der Waals surface area contributed by atoms with Crippen LogP contribution in [0.3, 0.4) is 0 Å². The summed E-state index contributed by atoms with van der Waals surface area (Å²) in [6.07, 6.45) is 2.49. The third-order valence-corrected chi connectivity index (χ3v) is 10.6. The molecule has 3 fully saturated rings. The smallest absolute Gasteiger partial charge is 0.278 e. The van der Waals surface area contributed by atoms with Gasteiger partial charge in [0.05, 0.1) is 31.2 Å². The number of hydrogen-bond acceptors (Lipinski definition) is 11. The second-order valence-electron chi connectivity index (χ2n) is 12.5. The molecule has 3 heterocycles. The first kappa shape index (κ1) is 25.9. The fourth-order valence-corrected chi connectivity index (χ4v) is 8.64. The zero-order valence-corrected chi connectivity index (χ0v) is 22.5. The Bertz CT molecular complexity index is 1420. The van der Waals surface area contributed by atoms with Gasteiger partial charge in [0.15, 0.2) is 23.0 Å². The Labute approximate surface area is 231 Å². The molecule has 2 aliphatic heterocycles. The van der Waals surface area contributed by atoms with Crippen LogP contribution in [-0.4, -0.2) is 73.3 Å². The van der Waals surface area contributed by atoms with Crippen molar-refractivity contribution in [2.45, 2.75) is 82.3 Å². The Morgan fingerprint density at radius 1 is 1.23 bits per heavy atom. The quantitative estimate of drug-likeness (QED) is 0.271. The lowest BCUT2D eigenvalue weighted by molar-refractivity contribution is -0.0227. The topological polar surface area (TPSA) is 189 Å². The molecule has 0 bridgehead atoms. The third kappa shape index (κ3) is 3.52. The molecule has 2 aromatic rings. The Hall–Kier alpha value is -3.06. The minimum Gasteiger partial charge on any atom is -0.504 e. The molecule has 0 amide bonds. The first-order valence-electron chi connectivity index (χ1n) is 14.3. The van der Waals surface area contributed by atoms with Gasteiger partial charge >= 0.3 is 0 Å². The number of aliphatic hydroxyl groups excluding tert-OH is 3. The van der Waals surface area contributed by atoms with E-state index in [1.165, 1.54) is 6.07 Å². The van der Waals surface area contributed by atoms with Gasteiger partial charge in [-0.2, -0.15) is 4.98 Å². The first-order valence-corrected chi connectivity index (χ1v) is 14.3. The SMILES string of the molecule is C[C@]12CC[C@@H]3c4c(N5CN([C@H]6C[C@H](O)[C@@H](CO)O6)c6nc(N)[nH]c(=O)c65)cc(O)c(O)c4CC[C@H]3[C@@H]1CC[C@@H]2O. The van der Waals surface area contributed by atoms with Crippen LogP contribution in [0.1, 0.15) is 62.5 Å². The number of fused-ring (bicyclic) bond motifs is 6. The molecule has 0 unspecified atom stereocenters. The number of aromatic hydroxyl groups is 2. The van der Waals surface area contributed by atoms with E-state index >= 15 is 0 Å². The number of H-pyrrole nitrogens is 1. The van der Waals surface area contributed by atoms with Crippen LogP contribution in [0.4, 0.5) is 23.1 Å². The van der Waals surface area contributed by atoms with Gasteiger partial charge in [0.25, 0.3) is 5.56 Å². The summed E-state index contributed by atoms with van der Waals surface area (Å²) in [6.45, 7) is 2.00. The van der Waals surface area contributed by atoms with Gasteiger partial charge < -0.3 is 45.8 Å². The first-order chi connectivity index (χ1) is 19.1. The van der Waals surface area contributed by atoms with E-state index in [-0.39, 0.29) is 60.3 Å². The van der Waals surface area contributed by atoms with Crippen molar-refractivity contribution in [3.63, 3.8) is 0 Å². The number of rotatable bonds is 3. The van der Waals surface area contributed by atoms with Crippen LogP contribution in [0.2, 0.25) is 0 Å². The van der Waals surface area contributed by atoms with E-state index < -0.39 is 24.0 Å². The van der Waals surface area contributed by atoms with Crippen molar-refractivity contribution in [2.24, 2.45) is 17.3 Å². The predicted octanol–water partition coefficient (Wildman–Crippen LogP) is 1.36. The molecule has 1 aromatic carbocycles. The van der Waals surface area contributed by atoms with Crippen LogP contribution in [0.5, 0.6) is 11.5 Å². The molecule has 216 valence electrons. The normalized spacial score (nSPS) is 36.4. The number of anilines is 4. The molecule has 1 saturated heterocycles. The highest BCUT2D eigenvalue weighted by atomic mass is 16.5. The second-order valence-corrected chi connectivity index (χ2v) is 12.5. The molecule has 8 N–H and O–H groups in total. The van der Waals surface area contributed by atoms with Crippen molar-refractivity contribution in [3.05, 3.63) is 27.5 Å². The van der Waals surface area contributed by atoms with Gasteiger partial charge in [-0.25, -0.2) is 0 Å². The number of nitrogens with one attached hydrogen (secondary N) is 1. The zero-order valence-electron chi connectivity index (χ0n) is 22.5. The molecule has 40 heavy (non-hydrogen) atoms. The predicted molar refractivity (Wildman–Crippen MR) is 146 cm³/mol. The third-order valence-electron chi connectivity index (χ3n) is 10.6. The largest absolute Gasteiger partial charge is 0.504 e. The van der Waals surface area contributed by atoms with E-state index in [0.717, 1.165) is 37.7 Å². The maximum atomic E-state index is 13.4. The molecule has 0 radical (unpaired) electrons. The zero-order chi connectivity index (χ0) is 28.1. The van der Waals surface area contributed by atoms with Crippen LogP contribution in [0.25, 0.3) is 0 Å². The van der Waals surface area contributed by atoms with E-state index in [9.17, 15) is 30.3 Å². The number of aromatic amines is 1. The van der Waals surface area contributed by atoms with E-state index in [1.54, 1.807) is 9.80 Å². The summed E-state index contributed by atoms with van der Waals surface area (Å²) in [5.74, 6) is 0.619. The summed E-state index contributed by atoms with van der Waals surface area (Å²) >= 11 is 0. The molecular formula is C28H37N5O7. The lowest BCUT2D eigenvalue weighted by Crippen LogP contribution is -2.44. The molecule has 12 heteroatoms. The van der Waals surface area contributed by atoms with Crippen molar-refractivity contribution in [1.29, 1.82) is 0 Å². The van der Waals surface area contributed by atoms with Crippen molar-refractivity contribution in [1.82, 2.24) is 9.97 Å². The van der Waals surface area contributed by atoms with Gasteiger partial charge in [-0.05, 0) is 67.3 Å². The van der Waals surface area contributed by atoms with E-state index in [4.69, 9.17) is 10.5 Å². The second kappa shape index (κ2) is 8.97. The van der Waals surface area contributed by atoms with Gasteiger partial charge in [0.2, 0.25) is 5.95 Å². The highest BCUT2D eigenvalue weighted by Gasteiger charge is 2.55. The number of benzene rings is 1. The van der Waals surface area contributed by atoms with Crippen LogP contribution in [0.15, 0.2) is 10.9 Å². The van der Waals surface area contributed by atoms with Crippen LogP contribution >= 0.6 is 0 Å². The molecule has 2 saturated carbocycles. The Morgan fingerprint density at radius 3 is 2.77 bits per heavy atom. The summed E-state index contributed by atoms with van der Waals surface area (Å²) in [5.41, 5.74) is 7.85.